The first kappa shape index (κ1) is 15.6. The summed E-state index contributed by atoms with van der Waals surface area (Å²) in [5, 5.41) is 5.94. The summed E-state index contributed by atoms with van der Waals surface area (Å²) in [6.07, 6.45) is 0. The van der Waals surface area contributed by atoms with Gasteiger partial charge >= 0.3 is 0 Å². The van der Waals surface area contributed by atoms with Gasteiger partial charge in [0.15, 0.2) is 12.4 Å². The van der Waals surface area contributed by atoms with E-state index in [0.717, 1.165) is 22.1 Å². The van der Waals surface area contributed by atoms with Crippen LogP contribution >= 0.6 is 11.3 Å². The van der Waals surface area contributed by atoms with Crippen LogP contribution in [-0.4, -0.2) is 20.1 Å². The second-order valence-electron chi connectivity index (χ2n) is 5.51. The Balaban J connectivity index is 1.74. The van der Waals surface area contributed by atoms with Gasteiger partial charge in [0, 0.05) is 5.92 Å². The highest BCUT2D eigenvalue weighted by Crippen LogP contribution is 2.24. The molecule has 0 saturated heterocycles. The first-order valence-corrected chi connectivity index (χ1v) is 8.27. The van der Waals surface area contributed by atoms with E-state index in [0.29, 0.717) is 17.5 Å². The molecule has 0 amide bonds. The van der Waals surface area contributed by atoms with E-state index in [9.17, 15) is 0 Å². The molecule has 0 atom stereocenters. The zero-order valence-corrected chi connectivity index (χ0v) is 14.3. The van der Waals surface area contributed by atoms with Gasteiger partial charge in [0.05, 0.1) is 16.3 Å². The summed E-state index contributed by atoms with van der Waals surface area (Å²) in [6.45, 7) is 8.17. The number of hydrogen-bond acceptors (Lipinski definition) is 7. The van der Waals surface area contributed by atoms with Gasteiger partial charge in [0.1, 0.15) is 5.82 Å². The average Bonchev–Trinajstić information content (AvgIpc) is 3.17. The predicted octanol–water partition coefficient (Wildman–Crippen LogP) is 3.91. The fourth-order valence-corrected chi connectivity index (χ4v) is 2.80. The molecule has 6 nitrogen and oxygen atoms in total. The van der Waals surface area contributed by atoms with E-state index >= 15 is 0 Å². The highest BCUT2D eigenvalue weighted by Gasteiger charge is 2.14. The molecule has 0 saturated carbocycles. The maximum atomic E-state index is 5.80. The molecule has 23 heavy (non-hydrogen) atoms. The fourth-order valence-electron chi connectivity index (χ4n) is 2.15. The second-order valence-corrected chi connectivity index (χ2v) is 6.46. The van der Waals surface area contributed by atoms with E-state index in [1.807, 2.05) is 31.4 Å². The number of aryl methyl sites for hydroxylation is 2. The van der Waals surface area contributed by atoms with Crippen molar-refractivity contribution in [1.82, 2.24) is 20.1 Å². The van der Waals surface area contributed by atoms with Crippen LogP contribution in [-0.2, 0) is 6.61 Å². The van der Waals surface area contributed by atoms with E-state index < -0.39 is 0 Å². The SMILES string of the molecule is Cc1nc(C(C)C)nc(C)c1OCc1nc(-c2cccs2)no1. The first-order valence-electron chi connectivity index (χ1n) is 7.39. The summed E-state index contributed by atoms with van der Waals surface area (Å²) in [5.41, 5.74) is 1.64. The van der Waals surface area contributed by atoms with Crippen LogP contribution in [0.3, 0.4) is 0 Å². The zero-order valence-electron chi connectivity index (χ0n) is 13.5. The highest BCUT2D eigenvalue weighted by molar-refractivity contribution is 7.13. The maximum absolute atomic E-state index is 5.80. The fraction of sp³-hybridized carbons (Fsp3) is 0.375. The van der Waals surface area contributed by atoms with E-state index in [2.05, 4.69) is 34.0 Å². The van der Waals surface area contributed by atoms with E-state index in [1.165, 1.54) is 0 Å². The lowest BCUT2D eigenvalue weighted by Crippen LogP contribution is -2.06. The topological polar surface area (TPSA) is 73.9 Å². The average molecular weight is 330 g/mol. The molecule has 0 unspecified atom stereocenters. The Kier molecular flexibility index (Phi) is 4.38. The van der Waals surface area contributed by atoms with Crippen molar-refractivity contribution < 1.29 is 9.26 Å². The summed E-state index contributed by atoms with van der Waals surface area (Å²) in [5.74, 6) is 2.79. The molecular formula is C16H18N4O2S. The molecule has 0 bridgehead atoms. The van der Waals surface area contributed by atoms with Gasteiger partial charge in [-0.05, 0) is 25.3 Å². The summed E-state index contributed by atoms with van der Waals surface area (Å²) in [4.78, 5) is 14.3. The minimum Gasteiger partial charge on any atom is -0.480 e. The Morgan fingerprint density at radius 1 is 1.17 bits per heavy atom. The predicted molar refractivity (Wildman–Crippen MR) is 87.5 cm³/mol. The molecule has 3 rings (SSSR count). The molecule has 0 aliphatic heterocycles. The molecule has 0 fully saturated rings. The maximum Gasteiger partial charge on any atom is 0.264 e. The minimum absolute atomic E-state index is 0.199. The standard InChI is InChI=1S/C16H18N4O2S/c1-9(2)15-17-10(3)14(11(4)18-15)21-8-13-19-16(20-22-13)12-6-5-7-23-12/h5-7,9H,8H2,1-4H3. The van der Waals surface area contributed by atoms with Gasteiger partial charge in [-0.1, -0.05) is 25.1 Å². The number of ether oxygens (including phenoxy) is 1. The molecule has 0 spiro atoms. The van der Waals surface area contributed by atoms with Crippen molar-refractivity contribution in [3.63, 3.8) is 0 Å². The molecule has 0 aromatic carbocycles. The highest BCUT2D eigenvalue weighted by atomic mass is 32.1. The van der Waals surface area contributed by atoms with Crippen molar-refractivity contribution in [1.29, 1.82) is 0 Å². The van der Waals surface area contributed by atoms with E-state index in [4.69, 9.17) is 9.26 Å². The monoisotopic (exact) mass is 330 g/mol. The van der Waals surface area contributed by atoms with Crippen LogP contribution in [0, 0.1) is 13.8 Å². The lowest BCUT2D eigenvalue weighted by Gasteiger charge is -2.12. The molecule has 3 heterocycles. The van der Waals surface area contributed by atoms with Gasteiger partial charge in [-0.15, -0.1) is 11.3 Å². The van der Waals surface area contributed by atoms with Gasteiger partial charge in [-0.2, -0.15) is 4.98 Å². The molecular weight excluding hydrogens is 312 g/mol. The number of thiophene rings is 1. The molecule has 7 heteroatoms. The van der Waals surface area contributed by atoms with Crippen LogP contribution < -0.4 is 4.74 Å². The first-order chi connectivity index (χ1) is 11.0. The largest absolute Gasteiger partial charge is 0.480 e. The Morgan fingerprint density at radius 2 is 1.91 bits per heavy atom. The van der Waals surface area contributed by atoms with Crippen molar-refractivity contribution in [2.24, 2.45) is 0 Å². The van der Waals surface area contributed by atoms with Gasteiger partial charge < -0.3 is 9.26 Å². The van der Waals surface area contributed by atoms with Crippen LogP contribution in [0.25, 0.3) is 10.7 Å². The molecule has 0 aliphatic carbocycles. The number of nitrogens with zero attached hydrogens (tertiary/aromatic N) is 4. The van der Waals surface area contributed by atoms with Gasteiger partial charge in [0.2, 0.25) is 5.82 Å². The van der Waals surface area contributed by atoms with Gasteiger partial charge in [0.25, 0.3) is 5.89 Å². The summed E-state index contributed by atoms with van der Waals surface area (Å²) < 4.78 is 11.0. The van der Waals surface area contributed by atoms with Crippen LogP contribution in [0.1, 0.15) is 42.9 Å². The summed E-state index contributed by atoms with van der Waals surface area (Å²) in [6, 6.07) is 3.90. The minimum atomic E-state index is 0.199. The number of aromatic nitrogens is 4. The van der Waals surface area contributed by atoms with E-state index in [1.54, 1.807) is 11.3 Å². The van der Waals surface area contributed by atoms with Crippen LogP contribution in [0.5, 0.6) is 5.75 Å². The van der Waals surface area contributed by atoms with Crippen LogP contribution in [0.2, 0.25) is 0 Å². The second kappa shape index (κ2) is 6.45. The molecule has 0 radical (unpaired) electrons. The van der Waals surface area contributed by atoms with Crippen molar-refractivity contribution >= 4 is 11.3 Å². The molecule has 0 aliphatic rings. The lowest BCUT2D eigenvalue weighted by molar-refractivity contribution is 0.238. The van der Waals surface area contributed by atoms with Gasteiger partial charge in [-0.25, -0.2) is 9.97 Å². The van der Waals surface area contributed by atoms with Crippen LogP contribution in [0.4, 0.5) is 0 Å². The quantitative estimate of drug-likeness (QED) is 0.706. The number of hydrogen-bond donors (Lipinski definition) is 0. The third-order valence-electron chi connectivity index (χ3n) is 3.29. The molecule has 3 aromatic rings. The van der Waals surface area contributed by atoms with Crippen molar-refractivity contribution in [3.8, 4) is 16.5 Å². The third-order valence-corrected chi connectivity index (χ3v) is 4.15. The van der Waals surface area contributed by atoms with Crippen molar-refractivity contribution in [3.05, 3.63) is 40.6 Å². The zero-order chi connectivity index (χ0) is 16.4. The number of rotatable bonds is 5. The third kappa shape index (κ3) is 3.39. The van der Waals surface area contributed by atoms with Crippen LogP contribution in [0.15, 0.2) is 22.0 Å². The normalized spacial score (nSPS) is 11.2. The van der Waals surface area contributed by atoms with E-state index in [-0.39, 0.29) is 12.5 Å². The Labute approximate surface area is 138 Å². The molecule has 0 N–H and O–H groups in total. The summed E-state index contributed by atoms with van der Waals surface area (Å²) >= 11 is 1.57. The molecule has 3 aromatic heterocycles. The smallest absolute Gasteiger partial charge is 0.264 e. The Bertz CT molecular complexity index is 773. The Hall–Kier alpha value is -2.28. The summed E-state index contributed by atoms with van der Waals surface area (Å²) in [7, 11) is 0. The Morgan fingerprint density at radius 3 is 2.52 bits per heavy atom. The lowest BCUT2D eigenvalue weighted by atomic mass is 10.2. The van der Waals surface area contributed by atoms with Crippen molar-refractivity contribution in [2.45, 2.75) is 40.2 Å². The van der Waals surface area contributed by atoms with Gasteiger partial charge in [-0.3, -0.25) is 0 Å². The molecule has 120 valence electrons. The van der Waals surface area contributed by atoms with Crippen molar-refractivity contribution in [2.75, 3.05) is 0 Å².